The number of carbonyl (C=O) groups excluding carboxylic acids is 2. The highest BCUT2D eigenvalue weighted by Gasteiger charge is 2.32. The molecule has 0 bridgehead atoms. The number of ether oxygens (including phenoxy) is 1. The van der Waals surface area contributed by atoms with Gasteiger partial charge in [0.1, 0.15) is 18.3 Å². The smallest absolute Gasteiger partial charge is 0.264 e. The molecule has 0 spiro atoms. The van der Waals surface area contributed by atoms with E-state index in [0.717, 1.165) is 21.9 Å². The van der Waals surface area contributed by atoms with Gasteiger partial charge in [-0.2, -0.15) is 0 Å². The van der Waals surface area contributed by atoms with E-state index in [-0.39, 0.29) is 23.0 Å². The van der Waals surface area contributed by atoms with E-state index < -0.39 is 28.5 Å². The molecule has 10 heteroatoms. The van der Waals surface area contributed by atoms with Gasteiger partial charge in [-0.1, -0.05) is 54.4 Å². The third-order valence-corrected chi connectivity index (χ3v) is 8.25. The van der Waals surface area contributed by atoms with Gasteiger partial charge in [0.15, 0.2) is 0 Å². The second-order valence-corrected chi connectivity index (χ2v) is 11.4. The first kappa shape index (κ1) is 30.0. The molecule has 39 heavy (non-hydrogen) atoms. The van der Waals surface area contributed by atoms with Crippen LogP contribution in [0.3, 0.4) is 0 Å². The Morgan fingerprint density at radius 3 is 2.31 bits per heavy atom. The van der Waals surface area contributed by atoms with Crippen LogP contribution in [0.15, 0.2) is 77.7 Å². The largest absolute Gasteiger partial charge is 0.497 e. The van der Waals surface area contributed by atoms with E-state index in [2.05, 4.69) is 5.32 Å². The summed E-state index contributed by atoms with van der Waals surface area (Å²) in [6.45, 7) is 5.45. The number of halogens is 1. The van der Waals surface area contributed by atoms with Gasteiger partial charge in [0.25, 0.3) is 10.0 Å². The molecule has 3 rings (SSSR count). The predicted octanol–water partition coefficient (Wildman–Crippen LogP) is 4.80. The number of benzene rings is 3. The number of nitrogens with one attached hydrogen (secondary N) is 1. The number of methoxy groups -OCH3 is 1. The number of hydrogen-bond acceptors (Lipinski definition) is 5. The van der Waals surface area contributed by atoms with Crippen LogP contribution < -0.4 is 14.4 Å². The zero-order valence-corrected chi connectivity index (χ0v) is 24.1. The zero-order chi connectivity index (χ0) is 28.6. The summed E-state index contributed by atoms with van der Waals surface area (Å²) in [6.07, 6.45) is 0.738. The second-order valence-electron chi connectivity index (χ2n) is 9.14. The molecule has 0 saturated carbocycles. The predicted molar refractivity (Wildman–Crippen MR) is 153 cm³/mol. The monoisotopic (exact) mass is 571 g/mol. The van der Waals surface area contributed by atoms with E-state index in [4.69, 9.17) is 16.3 Å². The highest BCUT2D eigenvalue weighted by molar-refractivity contribution is 7.92. The Morgan fingerprint density at radius 1 is 1.03 bits per heavy atom. The molecule has 0 aromatic heterocycles. The Labute approximate surface area is 235 Å². The van der Waals surface area contributed by atoms with Gasteiger partial charge in [-0.25, -0.2) is 8.42 Å². The molecule has 2 amide bonds. The number of nitrogens with zero attached hydrogens (tertiary/aromatic N) is 2. The zero-order valence-electron chi connectivity index (χ0n) is 22.6. The maximum absolute atomic E-state index is 13.9. The molecule has 1 N–H and O–H groups in total. The maximum atomic E-state index is 13.9. The lowest BCUT2D eigenvalue weighted by atomic mass is 10.1. The fourth-order valence-corrected chi connectivity index (χ4v) is 5.43. The molecular weight excluding hydrogens is 538 g/mol. The van der Waals surface area contributed by atoms with Crippen LogP contribution >= 0.6 is 11.6 Å². The van der Waals surface area contributed by atoms with E-state index in [1.807, 2.05) is 13.8 Å². The molecule has 1 unspecified atom stereocenters. The number of aryl methyl sites for hydroxylation is 1. The van der Waals surface area contributed by atoms with Crippen molar-refractivity contribution in [3.8, 4) is 5.75 Å². The average molecular weight is 572 g/mol. The molecular formula is C29H34ClN3O5S. The van der Waals surface area contributed by atoms with E-state index in [0.29, 0.717) is 17.3 Å². The molecule has 0 radical (unpaired) electrons. The number of carbonyl (C=O) groups is 2. The van der Waals surface area contributed by atoms with E-state index in [1.54, 1.807) is 67.6 Å². The first-order valence-electron chi connectivity index (χ1n) is 12.6. The van der Waals surface area contributed by atoms with Crippen LogP contribution in [0.25, 0.3) is 0 Å². The topological polar surface area (TPSA) is 96.0 Å². The summed E-state index contributed by atoms with van der Waals surface area (Å²) in [7, 11) is -2.67. The number of amides is 2. The van der Waals surface area contributed by atoms with Gasteiger partial charge in [-0.3, -0.25) is 13.9 Å². The Bertz CT molecular complexity index is 1380. The first-order chi connectivity index (χ1) is 18.6. The summed E-state index contributed by atoms with van der Waals surface area (Å²) in [4.78, 5) is 28.2. The molecule has 0 aliphatic carbocycles. The number of anilines is 1. The normalized spacial score (nSPS) is 11.9. The van der Waals surface area contributed by atoms with Crippen LogP contribution in [0, 0.1) is 6.92 Å². The average Bonchev–Trinajstić information content (AvgIpc) is 2.93. The van der Waals surface area contributed by atoms with Crippen molar-refractivity contribution >= 4 is 39.1 Å². The van der Waals surface area contributed by atoms with E-state index in [9.17, 15) is 18.0 Å². The van der Waals surface area contributed by atoms with Gasteiger partial charge < -0.3 is 15.0 Å². The lowest BCUT2D eigenvalue weighted by molar-refractivity contribution is -0.139. The minimum absolute atomic E-state index is 0.0432. The summed E-state index contributed by atoms with van der Waals surface area (Å²) >= 11 is 6.03. The van der Waals surface area contributed by atoms with Crippen LogP contribution in [0.5, 0.6) is 5.75 Å². The van der Waals surface area contributed by atoms with Crippen molar-refractivity contribution in [3.63, 3.8) is 0 Å². The Balaban J connectivity index is 2.03. The molecule has 3 aromatic carbocycles. The standard InChI is InChI=1S/C29H34ClN3O5S/c1-5-17-31-29(35)22(3)32(19-23-11-13-24(30)14-12-23)28(34)20-33(25-7-6-8-26(18-25)38-4)39(36,37)27-15-9-21(2)10-16-27/h6-16,18,22H,5,17,19-20H2,1-4H3,(H,31,35). The number of rotatable bonds is 12. The summed E-state index contributed by atoms with van der Waals surface area (Å²) < 4.78 is 34.1. The molecule has 0 aliphatic rings. The number of sulfonamides is 1. The van der Waals surface area contributed by atoms with Gasteiger partial charge in [0, 0.05) is 24.2 Å². The molecule has 1 atom stereocenters. The van der Waals surface area contributed by atoms with E-state index >= 15 is 0 Å². The van der Waals surface area contributed by atoms with Crippen molar-refractivity contribution in [1.29, 1.82) is 0 Å². The van der Waals surface area contributed by atoms with Gasteiger partial charge in [0.05, 0.1) is 17.7 Å². The van der Waals surface area contributed by atoms with Gasteiger partial charge >= 0.3 is 0 Å². The van der Waals surface area contributed by atoms with Crippen LogP contribution in [-0.2, 0) is 26.2 Å². The van der Waals surface area contributed by atoms with Crippen LogP contribution in [0.2, 0.25) is 5.02 Å². The molecule has 3 aromatic rings. The molecule has 0 heterocycles. The summed E-state index contributed by atoms with van der Waals surface area (Å²) in [5, 5.41) is 3.36. The summed E-state index contributed by atoms with van der Waals surface area (Å²) in [6, 6.07) is 19.0. The van der Waals surface area contributed by atoms with Crippen LogP contribution in [0.1, 0.15) is 31.4 Å². The first-order valence-corrected chi connectivity index (χ1v) is 14.4. The van der Waals surface area contributed by atoms with Crippen molar-refractivity contribution in [1.82, 2.24) is 10.2 Å². The Kier molecular flexibility index (Phi) is 10.4. The fraction of sp³-hybridized carbons (Fsp3) is 0.310. The van der Waals surface area contributed by atoms with E-state index in [1.165, 1.54) is 24.1 Å². The minimum Gasteiger partial charge on any atom is -0.497 e. The van der Waals surface area contributed by atoms with Crippen LogP contribution in [0.4, 0.5) is 5.69 Å². The van der Waals surface area contributed by atoms with Crippen molar-refractivity contribution in [3.05, 3.63) is 88.9 Å². The Morgan fingerprint density at radius 2 is 1.69 bits per heavy atom. The van der Waals surface area contributed by atoms with Crippen LogP contribution in [-0.4, -0.2) is 51.4 Å². The molecule has 0 aliphatic heterocycles. The lowest BCUT2D eigenvalue weighted by Crippen LogP contribution is -2.51. The molecule has 0 saturated heterocycles. The quantitative estimate of drug-likeness (QED) is 0.337. The molecule has 208 valence electrons. The van der Waals surface area contributed by atoms with Crippen molar-refractivity contribution in [2.75, 3.05) is 24.5 Å². The summed E-state index contributed by atoms with van der Waals surface area (Å²) in [5.41, 5.74) is 1.91. The molecule has 0 fully saturated rings. The fourth-order valence-electron chi connectivity index (χ4n) is 3.90. The third-order valence-electron chi connectivity index (χ3n) is 6.21. The highest BCUT2D eigenvalue weighted by Crippen LogP contribution is 2.28. The maximum Gasteiger partial charge on any atom is 0.264 e. The van der Waals surface area contributed by atoms with Gasteiger partial charge in [-0.05, 0) is 62.2 Å². The summed E-state index contributed by atoms with van der Waals surface area (Å²) in [5.74, 6) is -0.425. The second kappa shape index (κ2) is 13.5. The van der Waals surface area contributed by atoms with Crippen molar-refractivity contribution in [2.45, 2.75) is 44.7 Å². The minimum atomic E-state index is -4.15. The third kappa shape index (κ3) is 7.74. The lowest BCUT2D eigenvalue weighted by Gasteiger charge is -2.32. The number of hydrogen-bond donors (Lipinski definition) is 1. The SMILES string of the molecule is CCCNC(=O)C(C)N(Cc1ccc(Cl)cc1)C(=O)CN(c1cccc(OC)c1)S(=O)(=O)c1ccc(C)cc1. The van der Waals surface area contributed by atoms with Crippen molar-refractivity contribution in [2.24, 2.45) is 0 Å². The highest BCUT2D eigenvalue weighted by atomic mass is 35.5. The molecule has 8 nitrogen and oxygen atoms in total. The van der Waals surface area contributed by atoms with Gasteiger partial charge in [-0.15, -0.1) is 0 Å². The Hall–Kier alpha value is -3.56. The van der Waals surface area contributed by atoms with Crippen molar-refractivity contribution < 1.29 is 22.7 Å². The van der Waals surface area contributed by atoms with Gasteiger partial charge in [0.2, 0.25) is 11.8 Å².